The van der Waals surface area contributed by atoms with Crippen LogP contribution in [0.15, 0.2) is 0 Å². The molecule has 29 heavy (non-hydrogen) atoms. The van der Waals surface area contributed by atoms with Gasteiger partial charge in [-0.1, -0.05) is 0 Å². The molecule has 0 aliphatic carbocycles. The molecule has 0 saturated carbocycles. The first kappa shape index (κ1) is 30.6. The maximum absolute atomic E-state index is 14.0. The first-order chi connectivity index (χ1) is 10.7. The van der Waals surface area contributed by atoms with Crippen LogP contribution in [0.5, 0.6) is 0 Å². The van der Waals surface area contributed by atoms with Crippen molar-refractivity contribution in [3.8, 4) is 0 Å². The second-order valence-electron chi connectivity index (χ2n) is 4.43. The third-order valence-corrected chi connectivity index (χ3v) is 6.96. The molecule has 0 fully saturated rings. The summed E-state index contributed by atoms with van der Waals surface area (Å²) in [5.74, 6) is 0. The zero-order chi connectivity index (χ0) is 25.0. The van der Waals surface area contributed by atoms with Crippen LogP contribution in [0.25, 0.3) is 0 Å². The molecule has 0 aromatic heterocycles. The van der Waals surface area contributed by atoms with Gasteiger partial charge in [0, 0.05) is 0 Å². The van der Waals surface area contributed by atoms with Crippen molar-refractivity contribution in [1.82, 2.24) is 0 Å². The van der Waals surface area contributed by atoms with Gasteiger partial charge in [-0.3, -0.25) is 0 Å². The van der Waals surface area contributed by atoms with Crippen LogP contribution in [0.4, 0.5) is 57.8 Å². The summed E-state index contributed by atoms with van der Waals surface area (Å²) in [6, 6.07) is 0. The van der Waals surface area contributed by atoms with Crippen LogP contribution < -0.4 is 0 Å². The minimum atomic E-state index is -14.0. The van der Waals surface area contributed by atoms with Gasteiger partial charge in [0.1, 0.15) is 0 Å². The van der Waals surface area contributed by atoms with E-state index in [2.05, 4.69) is 0 Å². The number of rotatable bonds is 8. The molecule has 0 saturated heterocycles. The zero-order valence-electron chi connectivity index (χ0n) is 11.3. The zero-order valence-corrected chi connectivity index (χ0v) is 20.6. The van der Waals surface area contributed by atoms with Gasteiger partial charge in [0.25, 0.3) is 0 Å². The van der Waals surface area contributed by atoms with Crippen LogP contribution >= 0.6 is 0 Å². The van der Waals surface area contributed by atoms with Crippen molar-refractivity contribution < 1.29 is 70.2 Å². The summed E-state index contributed by atoms with van der Waals surface area (Å²) in [4.78, 5) is 0. The standard InChI is InChI=1S/CF20O4Te4/c2-26(3,4,5,6)22-1(23-27(7,8,9,10)11,24-28(12,13,14,15)16)25-29(17,18,19,20)21. The van der Waals surface area contributed by atoms with E-state index in [1.54, 1.807) is 0 Å². The molecule has 0 unspecified atom stereocenters. The van der Waals surface area contributed by atoms with E-state index in [0.717, 1.165) is 0 Å². The molecule has 4 nitrogen and oxygen atoms in total. The van der Waals surface area contributed by atoms with Gasteiger partial charge in [-0.2, -0.15) is 0 Å². The van der Waals surface area contributed by atoms with Gasteiger partial charge < -0.3 is 0 Å². The topological polar surface area (TPSA) is 36.9 Å². The van der Waals surface area contributed by atoms with E-state index in [4.69, 9.17) is 0 Å². The van der Waals surface area contributed by atoms with Gasteiger partial charge in [-0.05, 0) is 0 Å². The van der Waals surface area contributed by atoms with Crippen molar-refractivity contribution in [2.45, 2.75) is 6.16 Å². The molecule has 0 rings (SSSR count). The fourth-order valence-electron chi connectivity index (χ4n) is 0.855. The number of hydrogen-bond donors (Lipinski definition) is 0. The van der Waals surface area contributed by atoms with E-state index >= 15 is 0 Å². The van der Waals surface area contributed by atoms with Crippen molar-refractivity contribution in [3.05, 3.63) is 0 Å². The molecule has 28 heteroatoms. The Balaban J connectivity index is 7.39. The molecule has 0 aromatic rings. The Morgan fingerprint density at radius 2 is 0.379 bits per heavy atom. The summed E-state index contributed by atoms with van der Waals surface area (Å²) in [6.45, 7) is 0. The van der Waals surface area contributed by atoms with Crippen LogP contribution in [-0.2, 0) is 12.4 Å². The average Bonchev–Trinajstić information content (AvgIpc) is 1.65. The van der Waals surface area contributed by atoms with E-state index in [0.29, 0.717) is 0 Å². The average molecular weight is 966 g/mol. The first-order valence-electron chi connectivity index (χ1n) is 4.57. The Bertz CT molecular complexity index is 574. The van der Waals surface area contributed by atoms with Crippen molar-refractivity contribution in [3.63, 3.8) is 0 Å². The van der Waals surface area contributed by atoms with Crippen LogP contribution in [0.1, 0.15) is 0 Å². The molecule has 0 aliphatic rings. The van der Waals surface area contributed by atoms with Crippen molar-refractivity contribution in [1.29, 1.82) is 0 Å². The summed E-state index contributed by atoms with van der Waals surface area (Å²) in [5, 5.41) is 0. The van der Waals surface area contributed by atoms with Gasteiger partial charge >= 0.3 is 151 Å². The van der Waals surface area contributed by atoms with Gasteiger partial charge in [-0.25, -0.2) is 0 Å². The van der Waals surface area contributed by atoms with Gasteiger partial charge in [0.05, 0.1) is 0 Å². The molecule has 0 aliphatic heterocycles. The monoisotopic (exact) mass is 976 g/mol. The van der Waals surface area contributed by atoms with E-state index in [-0.39, 0.29) is 12.4 Å². The summed E-state index contributed by atoms with van der Waals surface area (Å²) < 4.78 is 241. The fourth-order valence-corrected chi connectivity index (χ4v) is 8.93. The van der Waals surface area contributed by atoms with E-state index in [9.17, 15) is 57.8 Å². The van der Waals surface area contributed by atoms with Crippen molar-refractivity contribution in [2.75, 3.05) is 0 Å². The number of halogens is 20. The van der Waals surface area contributed by atoms with Crippen LogP contribution in [0, 0.1) is 0 Å². The Hall–Kier alpha value is 1.60. The summed E-state index contributed by atoms with van der Waals surface area (Å²) in [6.07, 6.45) is -9.03. The minimum absolute atomic E-state index is 0.251. The Morgan fingerprint density at radius 1 is 0.276 bits per heavy atom. The second-order valence-corrected chi connectivity index (χ2v) is 26.8. The summed E-state index contributed by atoms with van der Waals surface area (Å²) >= 11 is -55.8. The fraction of sp³-hybridized carbons (Fsp3) is 1.00. The Kier molecular flexibility index (Phi) is 4.98. The van der Waals surface area contributed by atoms with Gasteiger partial charge in [-0.15, -0.1) is 0 Å². The van der Waals surface area contributed by atoms with E-state index in [1.165, 1.54) is 0 Å². The molecular formula is CF20O4Te4. The molecule has 192 valence electrons. The second kappa shape index (κ2) is 4.72. The quantitative estimate of drug-likeness (QED) is 0.161. The molecule has 0 aromatic carbocycles. The van der Waals surface area contributed by atoms with Crippen LogP contribution in [0.2, 0.25) is 0 Å². The van der Waals surface area contributed by atoms with Crippen molar-refractivity contribution in [2.24, 2.45) is 0 Å². The third kappa shape index (κ3) is 20.0. The van der Waals surface area contributed by atoms with Crippen molar-refractivity contribution >= 4 is 74.8 Å². The van der Waals surface area contributed by atoms with Crippen LogP contribution in [-0.4, -0.2) is 80.9 Å². The number of hydrogen-bond acceptors (Lipinski definition) is 4. The summed E-state index contributed by atoms with van der Waals surface area (Å²) in [5.41, 5.74) is 0. The van der Waals surface area contributed by atoms with E-state index < -0.39 is 80.9 Å². The molecule has 0 radical (unpaired) electrons. The normalized spacial score (nSPS) is 26.9. The van der Waals surface area contributed by atoms with Gasteiger partial charge in [0.15, 0.2) is 0 Å². The predicted molar refractivity (Wildman–Crippen MR) is 52.2 cm³/mol. The third-order valence-electron chi connectivity index (χ3n) is 1.04. The first-order valence-corrected chi connectivity index (χ1v) is 26.0. The molecular weight excluding hydrogens is 966 g/mol. The SMILES string of the molecule is F[Te](F)(F)(F)(F)OC(O[Te](F)(F)(F)(F)F)(O[Te](F)(F)(F)(F)F)O[Te](F)(F)(F)(F)F. The van der Waals surface area contributed by atoms with Crippen LogP contribution in [0.3, 0.4) is 0 Å². The molecule has 0 amide bonds. The molecule has 0 N–H and O–H groups in total. The van der Waals surface area contributed by atoms with Gasteiger partial charge in [0.2, 0.25) is 0 Å². The molecule has 0 bridgehead atoms. The summed E-state index contributed by atoms with van der Waals surface area (Å²) in [7, 11) is 0. The molecule has 0 heterocycles. The predicted octanol–water partition coefficient (Wildman–Crippen LogP) is 6.40. The maximum atomic E-state index is 12.0. The Morgan fingerprint density at radius 3 is 0.448 bits per heavy atom. The molecule has 0 atom stereocenters. The molecule has 0 spiro atoms. The Labute approximate surface area is 150 Å². The van der Waals surface area contributed by atoms with E-state index in [1.807, 2.05) is 0 Å².